The van der Waals surface area contributed by atoms with Gasteiger partial charge in [-0.25, -0.2) is 9.78 Å². The van der Waals surface area contributed by atoms with Crippen LogP contribution in [0.15, 0.2) is 67.1 Å². The highest BCUT2D eigenvalue weighted by atomic mass is 16.4. The van der Waals surface area contributed by atoms with Crippen LogP contribution in [0.5, 0.6) is 5.75 Å². The number of amides is 10. The van der Waals surface area contributed by atoms with Gasteiger partial charge in [0.15, 0.2) is 0 Å². The first-order valence-corrected chi connectivity index (χ1v) is 25.5. The summed E-state index contributed by atoms with van der Waals surface area (Å²) < 4.78 is 0. The normalized spacial score (nSPS) is 14.5. The number of hydrogen-bond acceptors (Lipinski definition) is 16. The monoisotopic (exact) mass is 1110 g/mol. The Bertz CT molecular complexity index is 2530. The summed E-state index contributed by atoms with van der Waals surface area (Å²) in [6.07, 6.45) is 1.45. The first-order chi connectivity index (χ1) is 37.4. The molecule has 28 heteroatoms. The van der Waals surface area contributed by atoms with Crippen LogP contribution in [0, 0.1) is 5.92 Å². The summed E-state index contributed by atoms with van der Waals surface area (Å²) in [5.41, 5.74) is 23.3. The third-order valence-electron chi connectivity index (χ3n) is 12.2. The van der Waals surface area contributed by atoms with E-state index in [1.165, 1.54) is 43.7 Å². The van der Waals surface area contributed by atoms with Gasteiger partial charge in [0.05, 0.1) is 18.6 Å². The van der Waals surface area contributed by atoms with Gasteiger partial charge in [0.25, 0.3) is 0 Å². The predicted octanol–water partition coefficient (Wildman–Crippen LogP) is -4.24. The van der Waals surface area contributed by atoms with Crippen molar-refractivity contribution >= 4 is 65.0 Å². The highest BCUT2D eigenvalue weighted by Gasteiger charge is 2.36. The molecule has 2 aromatic carbocycles. The van der Waals surface area contributed by atoms with E-state index >= 15 is 0 Å². The summed E-state index contributed by atoms with van der Waals surface area (Å²) in [5, 5.41) is 49.1. The number of aliphatic carboxylic acids is 1. The number of aromatic amines is 1. The third-order valence-corrected chi connectivity index (χ3v) is 12.2. The quantitative estimate of drug-likeness (QED) is 0.0248. The molecule has 1 aromatic heterocycles. The number of hydrogen-bond donors (Lipinski definition) is 16. The number of carboxylic acids is 1. The van der Waals surface area contributed by atoms with E-state index in [1.54, 1.807) is 44.2 Å². The summed E-state index contributed by atoms with van der Waals surface area (Å²) in [4.78, 5) is 153. The van der Waals surface area contributed by atoms with Gasteiger partial charge in [-0.1, -0.05) is 56.3 Å². The molecule has 79 heavy (non-hydrogen) atoms. The molecule has 432 valence electrons. The van der Waals surface area contributed by atoms with Crippen LogP contribution in [0.3, 0.4) is 0 Å². The van der Waals surface area contributed by atoms with E-state index < -0.39 is 145 Å². The topological polar surface area (TPSA) is 477 Å². The summed E-state index contributed by atoms with van der Waals surface area (Å²) in [5.74, 6) is -11.1. The third kappa shape index (κ3) is 22.9. The summed E-state index contributed by atoms with van der Waals surface area (Å²) in [6.45, 7) is 4.01. The van der Waals surface area contributed by atoms with Crippen molar-refractivity contribution in [2.24, 2.45) is 28.9 Å². The highest BCUT2D eigenvalue weighted by Crippen LogP contribution is 2.14. The van der Waals surface area contributed by atoms with Crippen LogP contribution in [0.4, 0.5) is 0 Å². The van der Waals surface area contributed by atoms with Gasteiger partial charge in [0.2, 0.25) is 59.1 Å². The lowest BCUT2D eigenvalue weighted by Crippen LogP contribution is -2.61. The second-order valence-corrected chi connectivity index (χ2v) is 19.1. The number of aliphatic hydroxyl groups excluding tert-OH is 1. The first kappa shape index (κ1) is 64.8. The molecule has 0 bridgehead atoms. The van der Waals surface area contributed by atoms with Crippen molar-refractivity contribution in [3.63, 3.8) is 0 Å². The zero-order chi connectivity index (χ0) is 58.8. The smallest absolute Gasteiger partial charge is 0.326 e. The second-order valence-electron chi connectivity index (χ2n) is 19.1. The standard InChI is InChI=1S/C51H74N14O14/c1-27(2)42(50(77)63-37(21-29-9-5-4-6-10-29)49(76)61-36(17-19-41(55)69)47(74)64-39(51(78)79)22-30-12-14-32(67)15-13-30)65-43(70)28(3)58-48(75)38(23-31-24-56-26-57-31)62-46(73)35(16-18-40(54)68)60-45(72)34(11-7-8-20-52)59-44(71)33(53)25-66/h4-6,9-10,12-15,24,26-28,33-39,42,66-67H,7-8,11,16-23,25,52-53H2,1-3H3,(H2,54,68)(H2,55,69)(H,56,57)(H,58,75)(H,59,71)(H,60,72)(H,61,76)(H,62,73)(H,63,77)(H,64,74)(H,65,70)(H,78,79)/t28-,33-,34-,35-,36-,37-,38-,39-,42-/m0/s1. The Morgan fingerprint density at radius 2 is 1.03 bits per heavy atom. The molecule has 0 aliphatic rings. The van der Waals surface area contributed by atoms with Crippen molar-refractivity contribution in [2.45, 2.75) is 139 Å². The Kier molecular flexibility index (Phi) is 27.0. The van der Waals surface area contributed by atoms with Crippen molar-refractivity contribution in [2.75, 3.05) is 13.2 Å². The minimum Gasteiger partial charge on any atom is -0.508 e. The van der Waals surface area contributed by atoms with Gasteiger partial charge in [0, 0.05) is 38.3 Å². The number of phenols is 1. The molecular formula is C51H74N14O14. The van der Waals surface area contributed by atoms with Gasteiger partial charge in [0.1, 0.15) is 60.1 Å². The van der Waals surface area contributed by atoms with Crippen LogP contribution in [-0.4, -0.2) is 158 Å². The van der Waals surface area contributed by atoms with Crippen LogP contribution in [0.25, 0.3) is 0 Å². The average molecular weight is 1110 g/mol. The maximum absolute atomic E-state index is 14.2. The number of benzene rings is 2. The summed E-state index contributed by atoms with van der Waals surface area (Å²) in [6, 6.07) is 1.05. The SMILES string of the molecule is CC(C)[C@H](NC(=O)[C@H](C)NC(=O)[C@H](Cc1c[nH]cn1)NC(=O)[C@H](CCC(N)=O)NC(=O)[C@H](CCCCN)NC(=O)[C@@H](N)CO)C(=O)N[C@@H](Cc1ccccc1)C(=O)N[C@@H](CCC(N)=O)C(=O)N[C@@H](Cc1ccc(O)cc1)C(=O)O. The van der Waals surface area contributed by atoms with Crippen LogP contribution in [0.2, 0.25) is 0 Å². The molecule has 9 atom stereocenters. The minimum atomic E-state index is -1.54. The predicted molar refractivity (Wildman–Crippen MR) is 283 cm³/mol. The van der Waals surface area contributed by atoms with Crippen LogP contribution in [0.1, 0.15) is 82.5 Å². The van der Waals surface area contributed by atoms with Crippen molar-refractivity contribution in [1.29, 1.82) is 0 Å². The van der Waals surface area contributed by atoms with Gasteiger partial charge in [-0.15, -0.1) is 0 Å². The van der Waals surface area contributed by atoms with Crippen molar-refractivity contribution < 1.29 is 68.1 Å². The van der Waals surface area contributed by atoms with Gasteiger partial charge >= 0.3 is 5.97 Å². The zero-order valence-corrected chi connectivity index (χ0v) is 44.2. The minimum absolute atomic E-state index is 0.0491. The number of H-pyrrole nitrogens is 1. The number of nitrogens with zero attached hydrogens (tertiary/aromatic N) is 1. The molecule has 3 aromatic rings. The van der Waals surface area contributed by atoms with E-state index in [9.17, 15) is 68.1 Å². The molecule has 0 fully saturated rings. The van der Waals surface area contributed by atoms with E-state index in [-0.39, 0.29) is 56.5 Å². The molecule has 0 aliphatic carbocycles. The Balaban J connectivity index is 1.85. The summed E-state index contributed by atoms with van der Waals surface area (Å²) in [7, 11) is 0. The van der Waals surface area contributed by atoms with Crippen LogP contribution < -0.4 is 65.5 Å². The fourth-order valence-corrected chi connectivity index (χ4v) is 7.73. The molecule has 10 amide bonds. The molecule has 3 rings (SSSR count). The Morgan fingerprint density at radius 3 is 1.53 bits per heavy atom. The fraction of sp³-hybridized carbons (Fsp3) is 0.490. The maximum Gasteiger partial charge on any atom is 0.326 e. The number of nitrogens with two attached hydrogens (primary N) is 4. The fourth-order valence-electron chi connectivity index (χ4n) is 7.73. The number of nitrogens with one attached hydrogen (secondary N) is 9. The molecule has 1 heterocycles. The summed E-state index contributed by atoms with van der Waals surface area (Å²) >= 11 is 0. The van der Waals surface area contributed by atoms with E-state index in [4.69, 9.17) is 22.9 Å². The van der Waals surface area contributed by atoms with Gasteiger partial charge < -0.3 is 85.8 Å². The number of carbonyl (C=O) groups excluding carboxylic acids is 10. The molecular weight excluding hydrogens is 1030 g/mol. The number of carbonyl (C=O) groups is 11. The molecule has 0 saturated heterocycles. The number of rotatable bonds is 35. The Labute approximate surface area is 455 Å². The van der Waals surface area contributed by atoms with E-state index in [2.05, 4.69) is 52.5 Å². The molecule has 0 spiro atoms. The van der Waals surface area contributed by atoms with Crippen molar-refractivity contribution in [1.82, 2.24) is 52.5 Å². The van der Waals surface area contributed by atoms with Gasteiger partial charge in [-0.3, -0.25) is 47.9 Å². The number of imidazole rings is 1. The zero-order valence-electron chi connectivity index (χ0n) is 44.2. The molecule has 0 aliphatic heterocycles. The van der Waals surface area contributed by atoms with E-state index in [0.717, 1.165) is 0 Å². The van der Waals surface area contributed by atoms with Crippen LogP contribution in [-0.2, 0) is 72.0 Å². The Morgan fingerprint density at radius 1 is 0.557 bits per heavy atom. The lowest BCUT2D eigenvalue weighted by atomic mass is 10.00. The number of aliphatic hydroxyl groups is 1. The number of aromatic nitrogens is 2. The molecule has 28 nitrogen and oxygen atoms in total. The largest absolute Gasteiger partial charge is 0.508 e. The van der Waals surface area contributed by atoms with Crippen molar-refractivity contribution in [3.8, 4) is 5.75 Å². The number of phenolic OH excluding ortho intramolecular Hbond substituents is 1. The van der Waals surface area contributed by atoms with E-state index in [1.807, 2.05) is 0 Å². The maximum atomic E-state index is 14.2. The highest BCUT2D eigenvalue weighted by molar-refractivity contribution is 5.98. The lowest BCUT2D eigenvalue weighted by Gasteiger charge is -2.28. The lowest BCUT2D eigenvalue weighted by molar-refractivity contribution is -0.142. The molecule has 0 radical (unpaired) electrons. The first-order valence-electron chi connectivity index (χ1n) is 25.5. The molecule has 0 unspecified atom stereocenters. The number of aromatic hydroxyl groups is 1. The van der Waals surface area contributed by atoms with Gasteiger partial charge in [-0.2, -0.15) is 0 Å². The van der Waals surface area contributed by atoms with Crippen molar-refractivity contribution in [3.05, 3.63) is 83.9 Å². The Hall–Kier alpha value is -8.50. The second kappa shape index (κ2) is 32.9. The average Bonchev–Trinajstić information content (AvgIpc) is 3.92. The number of primary amides is 2. The van der Waals surface area contributed by atoms with E-state index in [0.29, 0.717) is 24.0 Å². The molecule has 20 N–H and O–H groups in total. The van der Waals surface area contributed by atoms with Gasteiger partial charge in [-0.05, 0) is 74.8 Å². The number of carboxylic acid groups (broad SMARTS) is 1. The van der Waals surface area contributed by atoms with Crippen LogP contribution >= 0.6 is 0 Å². The molecule has 0 saturated carbocycles. The number of unbranched alkanes of at least 4 members (excludes halogenated alkanes) is 1.